The fourth-order valence-corrected chi connectivity index (χ4v) is 6.35. The van der Waals surface area contributed by atoms with Crippen molar-refractivity contribution in [3.05, 3.63) is 85.5 Å². The molecular formula is C28H28BrClN2O4S. The lowest BCUT2D eigenvalue weighted by molar-refractivity contribution is -0.135. The average Bonchev–Trinajstić information content (AvgIpc) is 3.59. The van der Waals surface area contributed by atoms with Gasteiger partial charge in [-0.1, -0.05) is 33.6 Å². The molecule has 1 fully saturated rings. The van der Waals surface area contributed by atoms with E-state index in [0.29, 0.717) is 42.6 Å². The van der Waals surface area contributed by atoms with Gasteiger partial charge in [-0.3, -0.25) is 9.59 Å². The van der Waals surface area contributed by atoms with Crippen molar-refractivity contribution in [3.63, 3.8) is 0 Å². The SMILES string of the molecule is O=C(c1cccc(Br)c1)N(CC(=O)N1CCc2sccc2[C@@H]1COc1ccc(Cl)cc1)C[C@@H]1CCCO1. The largest absolute Gasteiger partial charge is 0.491 e. The van der Waals surface area contributed by atoms with E-state index in [1.165, 1.54) is 4.88 Å². The summed E-state index contributed by atoms with van der Waals surface area (Å²) >= 11 is 11.2. The third-order valence-electron chi connectivity index (χ3n) is 6.77. The lowest BCUT2D eigenvalue weighted by Crippen LogP contribution is -2.49. The number of hydrogen-bond donors (Lipinski definition) is 0. The van der Waals surface area contributed by atoms with Gasteiger partial charge >= 0.3 is 0 Å². The Bertz CT molecular complexity index is 1240. The van der Waals surface area contributed by atoms with E-state index in [1.54, 1.807) is 40.5 Å². The van der Waals surface area contributed by atoms with Crippen molar-refractivity contribution in [2.75, 3.05) is 32.8 Å². The third kappa shape index (κ3) is 6.37. The number of carbonyl (C=O) groups is 2. The van der Waals surface area contributed by atoms with Gasteiger partial charge in [0.15, 0.2) is 0 Å². The quantitative estimate of drug-likeness (QED) is 0.317. The molecule has 9 heteroatoms. The lowest BCUT2D eigenvalue weighted by atomic mass is 10.00. The minimum atomic E-state index is -0.233. The van der Waals surface area contributed by atoms with Gasteiger partial charge in [-0.05, 0) is 78.7 Å². The molecule has 0 saturated carbocycles. The first-order valence-electron chi connectivity index (χ1n) is 12.4. The normalized spacial score (nSPS) is 18.9. The zero-order chi connectivity index (χ0) is 25.8. The highest BCUT2D eigenvalue weighted by molar-refractivity contribution is 9.10. The highest BCUT2D eigenvalue weighted by Gasteiger charge is 2.34. The van der Waals surface area contributed by atoms with Crippen molar-refractivity contribution in [1.29, 1.82) is 0 Å². The highest BCUT2D eigenvalue weighted by atomic mass is 79.9. The number of benzene rings is 2. The second kappa shape index (κ2) is 12.0. The van der Waals surface area contributed by atoms with E-state index >= 15 is 0 Å². The first-order chi connectivity index (χ1) is 18.0. The lowest BCUT2D eigenvalue weighted by Gasteiger charge is -2.37. The Kier molecular flexibility index (Phi) is 8.49. The van der Waals surface area contributed by atoms with E-state index in [2.05, 4.69) is 27.4 Å². The van der Waals surface area contributed by atoms with Gasteiger partial charge in [0.05, 0.1) is 12.1 Å². The number of fused-ring (bicyclic) bond motifs is 1. The fraction of sp³-hybridized carbons (Fsp3) is 0.357. The summed E-state index contributed by atoms with van der Waals surface area (Å²) in [4.78, 5) is 32.1. The molecule has 2 atom stereocenters. The van der Waals surface area contributed by atoms with Crippen LogP contribution in [0.4, 0.5) is 0 Å². The molecule has 0 aliphatic carbocycles. The third-order valence-corrected chi connectivity index (χ3v) is 8.51. The Morgan fingerprint density at radius 3 is 2.78 bits per heavy atom. The van der Waals surface area contributed by atoms with Crippen LogP contribution in [0, 0.1) is 0 Å². The van der Waals surface area contributed by atoms with Crippen LogP contribution >= 0.6 is 38.9 Å². The van der Waals surface area contributed by atoms with Crippen molar-refractivity contribution in [3.8, 4) is 5.75 Å². The Morgan fingerprint density at radius 2 is 2.03 bits per heavy atom. The van der Waals surface area contributed by atoms with Crippen LogP contribution in [0.3, 0.4) is 0 Å². The molecule has 0 unspecified atom stereocenters. The van der Waals surface area contributed by atoms with Gasteiger partial charge in [0, 0.05) is 39.6 Å². The molecule has 2 aliphatic heterocycles. The van der Waals surface area contributed by atoms with Gasteiger partial charge in [0.1, 0.15) is 18.9 Å². The Hall–Kier alpha value is -2.39. The van der Waals surface area contributed by atoms with Crippen LogP contribution in [-0.2, 0) is 16.0 Å². The van der Waals surface area contributed by atoms with Crippen LogP contribution in [0.15, 0.2) is 64.5 Å². The van der Waals surface area contributed by atoms with Gasteiger partial charge in [0.25, 0.3) is 5.91 Å². The van der Waals surface area contributed by atoms with Crippen molar-refractivity contribution in [2.45, 2.75) is 31.4 Å². The zero-order valence-electron chi connectivity index (χ0n) is 20.3. The van der Waals surface area contributed by atoms with Crippen LogP contribution < -0.4 is 4.74 Å². The number of amides is 2. The summed E-state index contributed by atoms with van der Waals surface area (Å²) in [5, 5.41) is 2.71. The number of ether oxygens (including phenoxy) is 2. The van der Waals surface area contributed by atoms with Gasteiger partial charge in [0.2, 0.25) is 5.91 Å². The van der Waals surface area contributed by atoms with E-state index in [1.807, 2.05) is 29.2 Å². The number of rotatable bonds is 8. The first-order valence-corrected chi connectivity index (χ1v) is 14.4. The van der Waals surface area contributed by atoms with Gasteiger partial charge < -0.3 is 19.3 Å². The van der Waals surface area contributed by atoms with Gasteiger partial charge in [-0.15, -0.1) is 11.3 Å². The van der Waals surface area contributed by atoms with Gasteiger partial charge in [-0.25, -0.2) is 0 Å². The molecule has 5 rings (SSSR count). The molecule has 2 amide bonds. The highest BCUT2D eigenvalue weighted by Crippen LogP contribution is 2.34. The molecule has 2 aromatic carbocycles. The monoisotopic (exact) mass is 602 g/mol. The molecule has 194 valence electrons. The minimum Gasteiger partial charge on any atom is -0.491 e. The van der Waals surface area contributed by atoms with Crippen molar-refractivity contribution in [2.24, 2.45) is 0 Å². The molecule has 3 heterocycles. The molecule has 6 nitrogen and oxygen atoms in total. The maximum atomic E-state index is 13.8. The Balaban J connectivity index is 1.35. The first kappa shape index (κ1) is 26.2. The summed E-state index contributed by atoms with van der Waals surface area (Å²) in [6.45, 7) is 1.97. The van der Waals surface area contributed by atoms with Crippen LogP contribution in [0.25, 0.3) is 0 Å². The molecule has 0 bridgehead atoms. The second-order valence-corrected chi connectivity index (χ2v) is 11.6. The molecule has 0 radical (unpaired) electrons. The molecule has 1 saturated heterocycles. The van der Waals surface area contributed by atoms with Crippen molar-refractivity contribution >= 4 is 50.7 Å². The molecular weight excluding hydrogens is 576 g/mol. The van der Waals surface area contributed by atoms with Crippen LogP contribution in [0.5, 0.6) is 5.75 Å². The number of carbonyl (C=O) groups excluding carboxylic acids is 2. The average molecular weight is 604 g/mol. The molecule has 37 heavy (non-hydrogen) atoms. The van der Waals surface area contributed by atoms with Crippen LogP contribution in [-0.4, -0.2) is 60.6 Å². The zero-order valence-corrected chi connectivity index (χ0v) is 23.4. The van der Waals surface area contributed by atoms with Crippen molar-refractivity contribution < 1.29 is 19.1 Å². The van der Waals surface area contributed by atoms with Crippen LogP contribution in [0.2, 0.25) is 5.02 Å². The van der Waals surface area contributed by atoms with E-state index in [0.717, 1.165) is 29.3 Å². The minimum absolute atomic E-state index is 0.0118. The second-order valence-electron chi connectivity index (χ2n) is 9.25. The predicted molar refractivity (Wildman–Crippen MR) is 148 cm³/mol. The Morgan fingerprint density at radius 1 is 1.19 bits per heavy atom. The molecule has 3 aromatic rings. The van der Waals surface area contributed by atoms with Gasteiger partial charge in [-0.2, -0.15) is 0 Å². The van der Waals surface area contributed by atoms with E-state index in [9.17, 15) is 9.59 Å². The fourth-order valence-electron chi connectivity index (χ4n) is 4.89. The topological polar surface area (TPSA) is 59.1 Å². The number of halogens is 2. The summed E-state index contributed by atoms with van der Waals surface area (Å²) < 4.78 is 12.7. The number of thiophene rings is 1. The summed E-state index contributed by atoms with van der Waals surface area (Å²) in [7, 11) is 0. The summed E-state index contributed by atoms with van der Waals surface area (Å²) in [5.41, 5.74) is 1.66. The molecule has 1 aromatic heterocycles. The number of hydrogen-bond acceptors (Lipinski definition) is 5. The van der Waals surface area contributed by atoms with E-state index in [-0.39, 0.29) is 30.5 Å². The molecule has 2 aliphatic rings. The summed E-state index contributed by atoms with van der Waals surface area (Å²) in [6, 6.07) is 16.3. The van der Waals surface area contributed by atoms with Crippen LogP contribution in [0.1, 0.15) is 39.7 Å². The summed E-state index contributed by atoms with van der Waals surface area (Å²) in [5.74, 6) is 0.430. The maximum absolute atomic E-state index is 13.8. The standard InChI is InChI=1S/C28H28BrClN2O4S/c29-20-4-1-3-19(15-20)28(34)31(16-23-5-2-13-35-23)17-27(33)32-12-10-26-24(11-14-37-26)25(32)18-36-22-8-6-21(30)7-9-22/h1,3-4,6-9,11,14-15,23,25H,2,5,10,12-13,16-18H2/t23-,25-/m0/s1. The van der Waals surface area contributed by atoms with E-state index < -0.39 is 0 Å². The molecule has 0 spiro atoms. The van der Waals surface area contributed by atoms with Crippen molar-refractivity contribution in [1.82, 2.24) is 9.80 Å². The number of nitrogens with zero attached hydrogens (tertiary/aromatic N) is 2. The molecule has 0 N–H and O–H groups in total. The van der Waals surface area contributed by atoms with E-state index in [4.69, 9.17) is 21.1 Å². The Labute approximate surface area is 234 Å². The summed E-state index contributed by atoms with van der Waals surface area (Å²) in [6.07, 6.45) is 2.59. The smallest absolute Gasteiger partial charge is 0.254 e. The predicted octanol–water partition coefficient (Wildman–Crippen LogP) is 5.99. The maximum Gasteiger partial charge on any atom is 0.254 e.